The number of carbonyl (C=O) groups is 4. The summed E-state index contributed by atoms with van der Waals surface area (Å²) < 4.78 is 0. The molecular weight excluding hydrogens is 432 g/mol. The van der Waals surface area contributed by atoms with E-state index in [1.54, 1.807) is 0 Å². The Bertz CT molecular complexity index is 827. The third kappa shape index (κ3) is 7.26. The monoisotopic (exact) mass is 466 g/mol. The third-order valence-corrected chi connectivity index (χ3v) is 5.54. The molecule has 0 radical (unpaired) electrons. The van der Waals surface area contributed by atoms with Crippen LogP contribution in [0.15, 0.2) is 12.5 Å². The molecule has 1 aliphatic rings. The number of aromatic amines is 1. The number of imidazole rings is 1. The van der Waals surface area contributed by atoms with Gasteiger partial charge in [-0.2, -0.15) is 0 Å². The number of aromatic nitrogens is 2. The highest BCUT2D eigenvalue weighted by molar-refractivity contribution is 5.94. The van der Waals surface area contributed by atoms with Crippen molar-refractivity contribution in [3.8, 4) is 0 Å². The Labute approximate surface area is 192 Å². The fourth-order valence-electron chi connectivity index (χ4n) is 3.82. The molecule has 1 aliphatic heterocycles. The highest BCUT2D eigenvalue weighted by Crippen LogP contribution is 2.20. The van der Waals surface area contributed by atoms with Crippen LogP contribution >= 0.6 is 0 Å². The Hall–Kier alpha value is -2.99. The first-order valence-corrected chi connectivity index (χ1v) is 11.1. The number of hydrogen-bond acceptors (Lipinski definition) is 7. The van der Waals surface area contributed by atoms with E-state index in [2.05, 4.69) is 20.6 Å². The van der Waals surface area contributed by atoms with Crippen LogP contribution in [0.5, 0.6) is 0 Å². The largest absolute Gasteiger partial charge is 0.480 e. The van der Waals surface area contributed by atoms with Crippen LogP contribution in [0.25, 0.3) is 0 Å². The molecule has 3 amide bonds. The highest BCUT2D eigenvalue weighted by atomic mass is 16.4. The summed E-state index contributed by atoms with van der Waals surface area (Å²) in [5, 5.41) is 24.6. The second-order valence-corrected chi connectivity index (χ2v) is 8.83. The molecular formula is C21H34N6O6. The van der Waals surface area contributed by atoms with E-state index in [1.807, 2.05) is 13.8 Å². The molecule has 0 bridgehead atoms. The van der Waals surface area contributed by atoms with Crippen molar-refractivity contribution in [1.82, 2.24) is 25.5 Å². The predicted molar refractivity (Wildman–Crippen MR) is 118 cm³/mol. The van der Waals surface area contributed by atoms with E-state index in [-0.39, 0.29) is 25.3 Å². The third-order valence-electron chi connectivity index (χ3n) is 5.54. The van der Waals surface area contributed by atoms with Gasteiger partial charge in [0.1, 0.15) is 18.1 Å². The zero-order chi connectivity index (χ0) is 24.7. The summed E-state index contributed by atoms with van der Waals surface area (Å²) in [7, 11) is 0. The Morgan fingerprint density at radius 1 is 1.27 bits per heavy atom. The summed E-state index contributed by atoms with van der Waals surface area (Å²) in [4.78, 5) is 58.0. The Morgan fingerprint density at radius 3 is 2.52 bits per heavy atom. The maximum Gasteiger partial charge on any atom is 0.326 e. The molecule has 0 aliphatic carbocycles. The molecule has 1 aromatic rings. The fraction of sp³-hybridized carbons (Fsp3) is 0.667. The molecule has 1 aromatic heterocycles. The lowest BCUT2D eigenvalue weighted by molar-refractivity contribution is -0.146. The minimum absolute atomic E-state index is 0.0495. The van der Waals surface area contributed by atoms with Crippen LogP contribution in [-0.4, -0.2) is 85.6 Å². The molecule has 0 spiro atoms. The van der Waals surface area contributed by atoms with Gasteiger partial charge in [-0.15, -0.1) is 0 Å². The number of nitrogens with zero attached hydrogens (tertiary/aromatic N) is 2. The van der Waals surface area contributed by atoms with Crippen molar-refractivity contribution in [2.24, 2.45) is 11.7 Å². The number of rotatable bonds is 11. The van der Waals surface area contributed by atoms with Gasteiger partial charge in [0.2, 0.25) is 17.7 Å². The number of carbonyl (C=O) groups excluding carboxylic acids is 3. The zero-order valence-corrected chi connectivity index (χ0v) is 19.2. The number of likely N-dealkylation sites (tertiary alicyclic amines) is 1. The quantitative estimate of drug-likeness (QED) is 0.233. The number of amides is 3. The minimum Gasteiger partial charge on any atom is -0.480 e. The lowest BCUT2D eigenvalue weighted by Crippen LogP contribution is -2.59. The van der Waals surface area contributed by atoms with Crippen molar-refractivity contribution >= 4 is 23.7 Å². The topological polar surface area (TPSA) is 191 Å². The van der Waals surface area contributed by atoms with Gasteiger partial charge in [0, 0.05) is 24.9 Å². The van der Waals surface area contributed by atoms with Crippen molar-refractivity contribution in [2.45, 2.75) is 76.7 Å². The van der Waals surface area contributed by atoms with E-state index < -0.39 is 54.0 Å². The van der Waals surface area contributed by atoms with Gasteiger partial charge in [0.25, 0.3) is 0 Å². The van der Waals surface area contributed by atoms with E-state index in [4.69, 9.17) is 5.73 Å². The lowest BCUT2D eigenvalue weighted by atomic mass is 10.0. The maximum atomic E-state index is 13.2. The van der Waals surface area contributed by atoms with Gasteiger partial charge in [-0.3, -0.25) is 14.4 Å². The Kier molecular flexibility index (Phi) is 9.35. The summed E-state index contributed by atoms with van der Waals surface area (Å²) in [6.45, 7) is 5.30. The van der Waals surface area contributed by atoms with Gasteiger partial charge in [-0.25, -0.2) is 9.78 Å². The van der Waals surface area contributed by atoms with Crippen LogP contribution in [0.4, 0.5) is 0 Å². The average molecular weight is 467 g/mol. The smallest absolute Gasteiger partial charge is 0.326 e. The number of hydrogen-bond donors (Lipinski definition) is 6. The molecule has 2 heterocycles. The molecule has 5 unspecified atom stereocenters. The van der Waals surface area contributed by atoms with Crippen LogP contribution in [0.3, 0.4) is 0 Å². The molecule has 1 fully saturated rings. The number of aliphatic hydroxyl groups is 1. The van der Waals surface area contributed by atoms with Crippen LogP contribution in [0, 0.1) is 5.92 Å². The van der Waals surface area contributed by atoms with E-state index >= 15 is 0 Å². The molecule has 1 saturated heterocycles. The second-order valence-electron chi connectivity index (χ2n) is 8.83. The first-order valence-electron chi connectivity index (χ1n) is 11.1. The number of H-pyrrole nitrogens is 1. The number of nitrogens with two attached hydrogens (primary N) is 1. The molecule has 2 rings (SSSR count). The summed E-state index contributed by atoms with van der Waals surface area (Å²) in [5.74, 6) is -2.92. The van der Waals surface area contributed by atoms with Crippen molar-refractivity contribution in [3.63, 3.8) is 0 Å². The molecule has 0 saturated carbocycles. The van der Waals surface area contributed by atoms with Gasteiger partial charge < -0.3 is 36.5 Å². The van der Waals surface area contributed by atoms with Crippen LogP contribution in [0.1, 0.15) is 45.7 Å². The van der Waals surface area contributed by atoms with Crippen molar-refractivity contribution < 1.29 is 29.4 Å². The average Bonchev–Trinajstić information content (AvgIpc) is 3.42. The summed E-state index contributed by atoms with van der Waals surface area (Å²) in [5.41, 5.74) is 6.56. The van der Waals surface area contributed by atoms with Crippen LogP contribution in [0.2, 0.25) is 0 Å². The second kappa shape index (κ2) is 11.8. The number of nitrogens with one attached hydrogen (secondary N) is 3. The minimum atomic E-state index is -1.30. The van der Waals surface area contributed by atoms with Gasteiger partial charge in [0.15, 0.2) is 0 Å². The Morgan fingerprint density at radius 2 is 1.97 bits per heavy atom. The molecule has 12 heteroatoms. The molecule has 0 aromatic carbocycles. The molecule has 5 atom stereocenters. The fourth-order valence-corrected chi connectivity index (χ4v) is 3.82. The number of carboxylic acid groups (broad SMARTS) is 1. The number of carboxylic acids is 1. The predicted octanol–water partition coefficient (Wildman–Crippen LogP) is -1.25. The summed E-state index contributed by atoms with van der Waals surface area (Å²) >= 11 is 0. The van der Waals surface area contributed by atoms with E-state index in [0.717, 1.165) is 0 Å². The number of aliphatic carboxylic acids is 1. The SMILES string of the molecule is CC(C)CC(NC(=O)C1CCCN1C(=O)C(NC(=O)C(N)Cc1cnc[nH]1)C(C)O)C(=O)O. The van der Waals surface area contributed by atoms with Crippen LogP contribution in [-0.2, 0) is 25.6 Å². The van der Waals surface area contributed by atoms with E-state index in [1.165, 1.54) is 24.3 Å². The molecule has 184 valence electrons. The molecule has 33 heavy (non-hydrogen) atoms. The van der Waals surface area contributed by atoms with Crippen molar-refractivity contribution in [3.05, 3.63) is 18.2 Å². The van der Waals surface area contributed by atoms with Gasteiger partial charge in [-0.05, 0) is 32.1 Å². The highest BCUT2D eigenvalue weighted by Gasteiger charge is 2.40. The molecule has 12 nitrogen and oxygen atoms in total. The zero-order valence-electron chi connectivity index (χ0n) is 19.2. The molecule has 7 N–H and O–H groups in total. The van der Waals surface area contributed by atoms with E-state index in [9.17, 15) is 29.4 Å². The van der Waals surface area contributed by atoms with E-state index in [0.29, 0.717) is 18.5 Å². The van der Waals surface area contributed by atoms with Gasteiger partial charge >= 0.3 is 5.97 Å². The van der Waals surface area contributed by atoms with Crippen molar-refractivity contribution in [2.75, 3.05) is 6.54 Å². The first kappa shape index (κ1) is 26.3. The summed E-state index contributed by atoms with van der Waals surface area (Å²) in [6, 6.07) is -4.24. The number of aliphatic hydroxyl groups excluding tert-OH is 1. The Balaban J connectivity index is 2.07. The lowest BCUT2D eigenvalue weighted by Gasteiger charge is -2.31. The standard InChI is InChI=1S/C21H34N6O6/c1-11(2)7-15(21(32)33)25-19(30)16-5-4-6-27(16)20(31)17(12(3)28)26-18(29)14(22)8-13-9-23-10-24-13/h9-12,14-17,28H,4-8,22H2,1-3H3,(H,23,24)(H,25,30)(H,26,29)(H,32,33). The maximum absolute atomic E-state index is 13.2. The van der Waals surface area contributed by atoms with Crippen LogP contribution < -0.4 is 16.4 Å². The van der Waals surface area contributed by atoms with Gasteiger partial charge in [0.05, 0.1) is 18.5 Å². The van der Waals surface area contributed by atoms with Crippen molar-refractivity contribution in [1.29, 1.82) is 0 Å². The first-order chi connectivity index (χ1) is 15.5. The normalized spacial score (nSPS) is 19.6. The van der Waals surface area contributed by atoms with Gasteiger partial charge in [-0.1, -0.05) is 13.8 Å². The summed E-state index contributed by atoms with van der Waals surface area (Å²) in [6.07, 6.45) is 3.04.